The molecule has 33 heavy (non-hydrogen) atoms. The van der Waals surface area contributed by atoms with Gasteiger partial charge in [0.05, 0.1) is 7.11 Å². The van der Waals surface area contributed by atoms with E-state index in [9.17, 15) is 0 Å². The highest BCUT2D eigenvalue weighted by Gasteiger charge is 2.31. The SMILES string of the molecule is CCCC1CCC(C2CCC(CCc3cc(C(C)(C)C)c(OC)c(C(C)(C)C)c3)CC2)CC1. The lowest BCUT2D eigenvalue weighted by atomic mass is 9.68. The Bertz CT molecular complexity index is 696. The molecule has 2 aliphatic rings. The van der Waals surface area contributed by atoms with Crippen molar-refractivity contribution in [3.63, 3.8) is 0 Å². The molecule has 2 fully saturated rings. The maximum Gasteiger partial charge on any atom is 0.126 e. The summed E-state index contributed by atoms with van der Waals surface area (Å²) in [4.78, 5) is 0. The van der Waals surface area contributed by atoms with Gasteiger partial charge in [-0.2, -0.15) is 0 Å². The van der Waals surface area contributed by atoms with E-state index < -0.39 is 0 Å². The van der Waals surface area contributed by atoms with E-state index in [4.69, 9.17) is 4.74 Å². The van der Waals surface area contributed by atoms with E-state index in [1.807, 2.05) is 7.11 Å². The van der Waals surface area contributed by atoms with Gasteiger partial charge >= 0.3 is 0 Å². The van der Waals surface area contributed by atoms with E-state index in [0.29, 0.717) is 0 Å². The van der Waals surface area contributed by atoms with Crippen molar-refractivity contribution in [1.29, 1.82) is 0 Å². The maximum absolute atomic E-state index is 5.97. The van der Waals surface area contributed by atoms with E-state index in [-0.39, 0.29) is 10.8 Å². The van der Waals surface area contributed by atoms with Crippen molar-refractivity contribution >= 4 is 0 Å². The van der Waals surface area contributed by atoms with Crippen LogP contribution in [0.2, 0.25) is 0 Å². The molecule has 0 unspecified atom stereocenters. The standard InChI is InChI=1S/C32H54O/c1-9-10-23-13-17-26(18-14-23)27-19-15-24(16-20-27)11-12-25-21-28(31(2,3)4)30(33-8)29(22-25)32(5,6)7/h21-24,26-27H,9-20H2,1-8H3. The third-order valence-corrected chi connectivity index (χ3v) is 8.96. The Morgan fingerprint density at radius 2 is 1.12 bits per heavy atom. The van der Waals surface area contributed by atoms with Crippen LogP contribution in [0, 0.1) is 23.7 Å². The topological polar surface area (TPSA) is 9.23 Å². The third-order valence-electron chi connectivity index (χ3n) is 8.96. The summed E-state index contributed by atoms with van der Waals surface area (Å²) in [6.07, 6.45) is 17.4. The second-order valence-corrected chi connectivity index (χ2v) is 13.6. The smallest absolute Gasteiger partial charge is 0.126 e. The summed E-state index contributed by atoms with van der Waals surface area (Å²) in [6, 6.07) is 4.91. The first-order valence-electron chi connectivity index (χ1n) is 14.2. The van der Waals surface area contributed by atoms with Crippen molar-refractivity contribution in [2.45, 2.75) is 136 Å². The number of hydrogen-bond acceptors (Lipinski definition) is 1. The van der Waals surface area contributed by atoms with Crippen molar-refractivity contribution in [3.05, 3.63) is 28.8 Å². The molecule has 0 radical (unpaired) electrons. The Hall–Kier alpha value is -0.980. The van der Waals surface area contributed by atoms with Gasteiger partial charge in [-0.25, -0.2) is 0 Å². The van der Waals surface area contributed by atoms with Gasteiger partial charge in [0.25, 0.3) is 0 Å². The highest BCUT2D eigenvalue weighted by molar-refractivity contribution is 5.50. The first-order chi connectivity index (χ1) is 15.5. The first-order valence-corrected chi connectivity index (χ1v) is 14.2. The Balaban J connectivity index is 1.58. The summed E-state index contributed by atoms with van der Waals surface area (Å²) < 4.78 is 5.97. The lowest BCUT2D eigenvalue weighted by Crippen LogP contribution is -2.26. The normalized spacial score (nSPS) is 26.9. The summed E-state index contributed by atoms with van der Waals surface area (Å²) in [5.74, 6) is 5.15. The van der Waals surface area contributed by atoms with Gasteiger partial charge < -0.3 is 4.74 Å². The molecule has 0 N–H and O–H groups in total. The first kappa shape index (κ1) is 26.6. The van der Waals surface area contributed by atoms with Crippen molar-refractivity contribution in [3.8, 4) is 5.75 Å². The van der Waals surface area contributed by atoms with Crippen LogP contribution in [0.3, 0.4) is 0 Å². The molecule has 0 bridgehead atoms. The summed E-state index contributed by atoms with van der Waals surface area (Å²) in [7, 11) is 1.84. The molecule has 1 heteroatoms. The van der Waals surface area contributed by atoms with Crippen molar-refractivity contribution < 1.29 is 4.74 Å². The van der Waals surface area contributed by atoms with E-state index in [1.54, 1.807) is 0 Å². The Labute approximate surface area is 206 Å². The van der Waals surface area contributed by atoms with Gasteiger partial charge in [-0.1, -0.05) is 99.1 Å². The third kappa shape index (κ3) is 7.02. The largest absolute Gasteiger partial charge is 0.496 e. The number of rotatable bonds is 7. The fourth-order valence-electron chi connectivity index (χ4n) is 6.84. The van der Waals surface area contributed by atoms with Crippen LogP contribution in [-0.2, 0) is 17.3 Å². The van der Waals surface area contributed by atoms with Gasteiger partial charge in [-0.05, 0) is 78.6 Å². The molecule has 1 aromatic carbocycles. The quantitative estimate of drug-likeness (QED) is 0.398. The Morgan fingerprint density at radius 1 is 0.697 bits per heavy atom. The molecular weight excluding hydrogens is 400 g/mol. The molecule has 1 aromatic rings. The molecule has 1 nitrogen and oxygen atoms in total. The lowest BCUT2D eigenvalue weighted by molar-refractivity contribution is 0.141. The van der Waals surface area contributed by atoms with Crippen molar-refractivity contribution in [2.24, 2.45) is 23.7 Å². The molecule has 2 aliphatic carbocycles. The van der Waals surface area contributed by atoms with Crippen LogP contribution >= 0.6 is 0 Å². The van der Waals surface area contributed by atoms with Crippen LogP contribution in [0.15, 0.2) is 12.1 Å². The minimum Gasteiger partial charge on any atom is -0.496 e. The number of methoxy groups -OCH3 is 1. The van der Waals surface area contributed by atoms with E-state index >= 15 is 0 Å². The second kappa shape index (κ2) is 11.2. The Morgan fingerprint density at radius 3 is 1.48 bits per heavy atom. The molecule has 0 saturated heterocycles. The molecule has 0 heterocycles. The summed E-state index contributed by atoms with van der Waals surface area (Å²) >= 11 is 0. The molecule has 0 spiro atoms. The molecule has 0 aromatic heterocycles. The van der Waals surface area contributed by atoms with Gasteiger partial charge in [0, 0.05) is 11.1 Å². The summed E-state index contributed by atoms with van der Waals surface area (Å²) in [5, 5.41) is 0. The lowest BCUT2D eigenvalue weighted by Gasteiger charge is -2.38. The fourth-order valence-corrected chi connectivity index (χ4v) is 6.84. The minimum absolute atomic E-state index is 0.0928. The number of benzene rings is 1. The molecule has 3 rings (SSSR count). The van der Waals surface area contributed by atoms with Crippen LogP contribution in [0.1, 0.15) is 136 Å². The van der Waals surface area contributed by atoms with Crippen LogP contribution in [0.25, 0.3) is 0 Å². The van der Waals surface area contributed by atoms with E-state index in [2.05, 4.69) is 60.6 Å². The van der Waals surface area contributed by atoms with Crippen LogP contribution in [0.5, 0.6) is 5.75 Å². The average molecular weight is 455 g/mol. The minimum atomic E-state index is 0.0928. The molecule has 0 atom stereocenters. The average Bonchev–Trinajstić information content (AvgIpc) is 2.77. The highest BCUT2D eigenvalue weighted by Crippen LogP contribution is 2.44. The van der Waals surface area contributed by atoms with Crippen LogP contribution in [-0.4, -0.2) is 7.11 Å². The van der Waals surface area contributed by atoms with Crippen molar-refractivity contribution in [1.82, 2.24) is 0 Å². The molecule has 188 valence electrons. The maximum atomic E-state index is 5.97. The number of hydrogen-bond donors (Lipinski definition) is 0. The monoisotopic (exact) mass is 454 g/mol. The van der Waals surface area contributed by atoms with E-state index in [0.717, 1.165) is 29.4 Å². The zero-order chi connectivity index (χ0) is 24.2. The van der Waals surface area contributed by atoms with Gasteiger partial charge in [-0.15, -0.1) is 0 Å². The van der Waals surface area contributed by atoms with Gasteiger partial charge in [0.2, 0.25) is 0 Å². The predicted octanol–water partition coefficient (Wildman–Crippen LogP) is 9.64. The highest BCUT2D eigenvalue weighted by atomic mass is 16.5. The number of aryl methyl sites for hydroxylation is 1. The van der Waals surface area contributed by atoms with Gasteiger partial charge in [-0.3, -0.25) is 0 Å². The van der Waals surface area contributed by atoms with Crippen LogP contribution < -0.4 is 4.74 Å². The summed E-state index contributed by atoms with van der Waals surface area (Å²) in [6.45, 7) is 16.3. The van der Waals surface area contributed by atoms with Crippen molar-refractivity contribution in [2.75, 3.05) is 7.11 Å². The molecule has 0 amide bonds. The molecule has 2 saturated carbocycles. The molecule has 0 aliphatic heterocycles. The predicted molar refractivity (Wildman–Crippen MR) is 145 cm³/mol. The zero-order valence-corrected chi connectivity index (χ0v) is 23.4. The van der Waals surface area contributed by atoms with Gasteiger partial charge in [0.15, 0.2) is 0 Å². The Kier molecular flexibility index (Phi) is 9.01. The van der Waals surface area contributed by atoms with Crippen LogP contribution in [0.4, 0.5) is 0 Å². The number of ether oxygens (including phenoxy) is 1. The van der Waals surface area contributed by atoms with Gasteiger partial charge in [0.1, 0.15) is 5.75 Å². The molecular formula is C32H54O. The summed E-state index contributed by atoms with van der Waals surface area (Å²) in [5.41, 5.74) is 4.44. The fraction of sp³-hybridized carbons (Fsp3) is 0.812. The van der Waals surface area contributed by atoms with E-state index in [1.165, 1.54) is 93.7 Å². The zero-order valence-electron chi connectivity index (χ0n) is 23.4. The second-order valence-electron chi connectivity index (χ2n) is 13.6.